The van der Waals surface area contributed by atoms with Gasteiger partial charge in [-0.15, -0.1) is 12.4 Å². The van der Waals surface area contributed by atoms with E-state index in [0.717, 1.165) is 57.4 Å². The number of benzene rings is 1. The third-order valence-electron chi connectivity index (χ3n) is 5.54. The Morgan fingerprint density at radius 3 is 2.67 bits per heavy atom. The van der Waals surface area contributed by atoms with Gasteiger partial charge in [0.05, 0.1) is 12.3 Å². The predicted molar refractivity (Wildman–Crippen MR) is 110 cm³/mol. The Bertz CT molecular complexity index is 605. The maximum atomic E-state index is 13.2. The highest BCUT2D eigenvalue weighted by Crippen LogP contribution is 2.22. The molecule has 0 bridgehead atoms. The summed E-state index contributed by atoms with van der Waals surface area (Å²) in [6.07, 6.45) is 4.25. The highest BCUT2D eigenvalue weighted by atomic mass is 35.5. The first-order valence-electron chi connectivity index (χ1n) is 10.0. The predicted octanol–water partition coefficient (Wildman–Crippen LogP) is 2.49. The molecule has 2 atom stereocenters. The summed E-state index contributed by atoms with van der Waals surface area (Å²) < 4.78 is 0. The van der Waals surface area contributed by atoms with Gasteiger partial charge >= 0.3 is 0 Å². The molecule has 0 aliphatic carbocycles. The molecule has 2 unspecified atom stereocenters. The number of piperidine rings is 1. The van der Waals surface area contributed by atoms with E-state index in [1.54, 1.807) is 0 Å². The number of rotatable bonds is 6. The zero-order chi connectivity index (χ0) is 18.4. The normalized spacial score (nSPS) is 22.2. The van der Waals surface area contributed by atoms with Crippen LogP contribution >= 0.6 is 12.4 Å². The summed E-state index contributed by atoms with van der Waals surface area (Å²) >= 11 is 0. The number of nitrogens with one attached hydrogen (secondary N) is 1. The smallest absolute Gasteiger partial charge is 0.227 e. The zero-order valence-corrected chi connectivity index (χ0v) is 17.0. The van der Waals surface area contributed by atoms with Gasteiger partial charge in [-0.2, -0.15) is 0 Å². The lowest BCUT2D eigenvalue weighted by molar-refractivity contribution is -0.142. The van der Waals surface area contributed by atoms with E-state index in [-0.39, 0.29) is 30.1 Å². The lowest BCUT2D eigenvalue weighted by Crippen LogP contribution is -2.50. The molecule has 2 aliphatic heterocycles. The molecule has 2 fully saturated rings. The fourth-order valence-electron chi connectivity index (χ4n) is 4.14. The van der Waals surface area contributed by atoms with Crippen LogP contribution in [0.5, 0.6) is 0 Å². The molecule has 2 saturated heterocycles. The van der Waals surface area contributed by atoms with E-state index in [0.29, 0.717) is 19.0 Å². The van der Waals surface area contributed by atoms with Crippen LogP contribution in [0.4, 0.5) is 0 Å². The molecular weight excluding hydrogens is 362 g/mol. The molecule has 2 amide bonds. The van der Waals surface area contributed by atoms with E-state index in [4.69, 9.17) is 0 Å². The summed E-state index contributed by atoms with van der Waals surface area (Å²) in [6, 6.07) is 10.2. The minimum atomic E-state index is -0.0457. The second-order valence-corrected chi connectivity index (χ2v) is 7.52. The van der Waals surface area contributed by atoms with E-state index in [9.17, 15) is 9.59 Å². The van der Waals surface area contributed by atoms with Gasteiger partial charge in [0.25, 0.3) is 0 Å². The molecule has 6 heteroatoms. The van der Waals surface area contributed by atoms with Gasteiger partial charge in [0, 0.05) is 32.2 Å². The number of carbonyl (C=O) groups is 2. The average Bonchev–Trinajstić information content (AvgIpc) is 3.21. The Morgan fingerprint density at radius 2 is 2.00 bits per heavy atom. The molecule has 2 aliphatic rings. The third kappa shape index (κ3) is 5.69. The molecule has 150 valence electrons. The fourth-order valence-corrected chi connectivity index (χ4v) is 4.14. The first-order chi connectivity index (χ1) is 12.7. The van der Waals surface area contributed by atoms with Gasteiger partial charge < -0.3 is 15.1 Å². The lowest BCUT2D eigenvalue weighted by Gasteiger charge is -2.37. The van der Waals surface area contributed by atoms with Gasteiger partial charge in [-0.3, -0.25) is 9.59 Å². The first-order valence-corrected chi connectivity index (χ1v) is 10.0. The second kappa shape index (κ2) is 10.7. The Kier molecular flexibility index (Phi) is 8.58. The van der Waals surface area contributed by atoms with Crippen LogP contribution in [0.15, 0.2) is 30.3 Å². The van der Waals surface area contributed by atoms with Crippen molar-refractivity contribution in [1.29, 1.82) is 0 Å². The summed E-state index contributed by atoms with van der Waals surface area (Å²) in [6.45, 7) is 6.18. The molecular formula is C21H32ClN3O2. The fraction of sp³-hybridized carbons (Fsp3) is 0.619. The highest BCUT2D eigenvalue weighted by molar-refractivity contribution is 5.85. The van der Waals surface area contributed by atoms with Crippen LogP contribution in [0.2, 0.25) is 0 Å². The minimum Gasteiger partial charge on any atom is -0.342 e. The number of hydrogen-bond donors (Lipinski definition) is 1. The third-order valence-corrected chi connectivity index (χ3v) is 5.54. The van der Waals surface area contributed by atoms with Gasteiger partial charge in [0.1, 0.15) is 0 Å². The number of nitrogens with zero attached hydrogens (tertiary/aromatic N) is 2. The van der Waals surface area contributed by atoms with Crippen molar-refractivity contribution in [3.8, 4) is 0 Å². The van der Waals surface area contributed by atoms with E-state index in [1.165, 1.54) is 0 Å². The van der Waals surface area contributed by atoms with E-state index < -0.39 is 0 Å². The van der Waals surface area contributed by atoms with Crippen molar-refractivity contribution in [3.63, 3.8) is 0 Å². The van der Waals surface area contributed by atoms with E-state index in [2.05, 4.69) is 17.1 Å². The zero-order valence-electron chi connectivity index (χ0n) is 16.2. The maximum absolute atomic E-state index is 13.2. The van der Waals surface area contributed by atoms with Crippen molar-refractivity contribution in [2.75, 3.05) is 32.7 Å². The summed E-state index contributed by atoms with van der Waals surface area (Å²) in [5, 5.41) is 3.36. The van der Waals surface area contributed by atoms with Crippen molar-refractivity contribution >= 4 is 24.2 Å². The Balaban J connectivity index is 0.00000261. The van der Waals surface area contributed by atoms with Crippen LogP contribution < -0.4 is 5.32 Å². The van der Waals surface area contributed by atoms with Crippen molar-refractivity contribution < 1.29 is 9.59 Å². The summed E-state index contributed by atoms with van der Waals surface area (Å²) in [5.41, 5.74) is 1.04. The van der Waals surface area contributed by atoms with E-state index in [1.807, 2.05) is 35.2 Å². The molecule has 2 heterocycles. The topological polar surface area (TPSA) is 52.7 Å². The lowest BCUT2D eigenvalue weighted by atomic mass is 9.95. The Hall–Kier alpha value is -1.59. The number of likely N-dealkylation sites (tertiary alicyclic amines) is 1. The Morgan fingerprint density at radius 1 is 1.22 bits per heavy atom. The second-order valence-electron chi connectivity index (χ2n) is 7.52. The molecule has 0 saturated carbocycles. The molecule has 1 aromatic carbocycles. The molecule has 0 spiro atoms. The number of amides is 2. The first kappa shape index (κ1) is 21.7. The van der Waals surface area contributed by atoms with Crippen molar-refractivity contribution in [2.24, 2.45) is 5.92 Å². The Labute approximate surface area is 168 Å². The van der Waals surface area contributed by atoms with Crippen molar-refractivity contribution in [1.82, 2.24) is 15.1 Å². The van der Waals surface area contributed by atoms with Crippen molar-refractivity contribution in [2.45, 2.75) is 45.1 Å². The van der Waals surface area contributed by atoms with Crippen LogP contribution in [-0.4, -0.2) is 60.4 Å². The molecule has 5 nitrogen and oxygen atoms in total. The van der Waals surface area contributed by atoms with Gasteiger partial charge in [0.15, 0.2) is 0 Å². The van der Waals surface area contributed by atoms with Crippen LogP contribution in [0.3, 0.4) is 0 Å². The van der Waals surface area contributed by atoms with Gasteiger partial charge in [0.2, 0.25) is 11.8 Å². The van der Waals surface area contributed by atoms with Crippen LogP contribution in [0, 0.1) is 5.92 Å². The summed E-state index contributed by atoms with van der Waals surface area (Å²) in [4.78, 5) is 29.8. The van der Waals surface area contributed by atoms with Crippen molar-refractivity contribution in [3.05, 3.63) is 35.9 Å². The molecule has 27 heavy (non-hydrogen) atoms. The van der Waals surface area contributed by atoms with E-state index >= 15 is 0 Å². The molecule has 1 N–H and O–H groups in total. The molecule has 0 radical (unpaired) electrons. The number of halogens is 1. The van der Waals surface area contributed by atoms with Crippen LogP contribution in [0.25, 0.3) is 0 Å². The largest absolute Gasteiger partial charge is 0.342 e. The number of carbonyl (C=O) groups excluding carboxylic acids is 2. The quantitative estimate of drug-likeness (QED) is 0.807. The van der Waals surface area contributed by atoms with Gasteiger partial charge in [-0.1, -0.05) is 37.3 Å². The molecule has 3 rings (SSSR count). The average molecular weight is 394 g/mol. The molecule has 0 aromatic heterocycles. The summed E-state index contributed by atoms with van der Waals surface area (Å²) in [7, 11) is 0. The van der Waals surface area contributed by atoms with Crippen LogP contribution in [0.1, 0.15) is 38.2 Å². The monoisotopic (exact) mass is 393 g/mol. The van der Waals surface area contributed by atoms with Crippen LogP contribution in [-0.2, 0) is 16.0 Å². The maximum Gasteiger partial charge on any atom is 0.227 e. The standard InChI is InChI=1S/C21H31N3O2.ClH/c1-2-12-24(19-10-11-22-15-19)21(26)18-9-6-13-23(16-18)20(25)14-17-7-4-3-5-8-17;/h3-5,7-8,18-19,22H,2,6,9-16H2,1H3;1H. The van der Waals surface area contributed by atoms with Gasteiger partial charge in [-0.25, -0.2) is 0 Å². The van der Waals surface area contributed by atoms with Gasteiger partial charge in [-0.05, 0) is 37.8 Å². The molecule has 1 aromatic rings. The minimum absolute atomic E-state index is 0. The summed E-state index contributed by atoms with van der Waals surface area (Å²) in [5.74, 6) is 0.339. The SMILES string of the molecule is CCCN(C(=O)C1CCCN(C(=O)Cc2ccccc2)C1)C1CCNC1.Cl. The number of hydrogen-bond acceptors (Lipinski definition) is 3. The highest BCUT2D eigenvalue weighted by Gasteiger charge is 2.34.